The van der Waals surface area contributed by atoms with Crippen molar-refractivity contribution in [2.24, 2.45) is 0 Å². The van der Waals surface area contributed by atoms with Crippen LogP contribution in [0.3, 0.4) is 0 Å². The lowest BCUT2D eigenvalue weighted by Gasteiger charge is -2.22. The quantitative estimate of drug-likeness (QED) is 0.0983. The third-order valence-corrected chi connectivity index (χ3v) is 11.2. The number of aromatic nitrogens is 2. The molecule has 6 aromatic rings. The maximum Gasteiger partial charge on any atom is 0.230 e. The average Bonchev–Trinajstić information content (AvgIpc) is 3.15. The summed E-state index contributed by atoms with van der Waals surface area (Å²) in [6.07, 6.45) is -0.222. The highest BCUT2D eigenvalue weighted by atomic mass is 35.5. The molecule has 0 spiro atoms. The number of rotatable bonds is 8. The van der Waals surface area contributed by atoms with Crippen molar-refractivity contribution in [1.29, 1.82) is 10.5 Å². The topological polar surface area (TPSA) is 196 Å². The molecule has 0 unspecified atom stereocenters. The SMILES string of the molecule is N#Cc1c(-c2ccc(Cl)c(Cl)c2)cc(CC(=O)Nc2ccc3c(c2)Sc2cc(NC(=O)Cc4cc(-c5ccc(Cl)c(Cl)c5)c(C#N)c(N)n4)ccc2N3)nc1N. The van der Waals surface area contributed by atoms with Crippen LogP contribution in [-0.2, 0) is 22.4 Å². The zero-order valence-corrected chi connectivity index (χ0v) is 32.5. The highest BCUT2D eigenvalue weighted by Gasteiger charge is 2.20. The van der Waals surface area contributed by atoms with Crippen molar-refractivity contribution >= 4 is 104 Å². The van der Waals surface area contributed by atoms with Crippen molar-refractivity contribution < 1.29 is 9.59 Å². The lowest BCUT2D eigenvalue weighted by molar-refractivity contribution is -0.116. The first-order chi connectivity index (χ1) is 26.9. The maximum atomic E-state index is 13.2. The van der Waals surface area contributed by atoms with E-state index in [-0.39, 0.29) is 47.4 Å². The Morgan fingerprint density at radius 2 is 1.05 bits per heavy atom. The number of hydrogen-bond donors (Lipinski definition) is 5. The minimum Gasteiger partial charge on any atom is -0.383 e. The van der Waals surface area contributed by atoms with Gasteiger partial charge in [-0.1, -0.05) is 70.3 Å². The van der Waals surface area contributed by atoms with E-state index in [4.69, 9.17) is 57.9 Å². The number of nitrogens with zero attached hydrogens (tertiary/aromatic N) is 4. The molecule has 0 bridgehead atoms. The summed E-state index contributed by atoms with van der Waals surface area (Å²) in [5.41, 5.74) is 18.3. The zero-order chi connectivity index (χ0) is 39.7. The van der Waals surface area contributed by atoms with Crippen molar-refractivity contribution in [1.82, 2.24) is 9.97 Å². The summed E-state index contributed by atoms with van der Waals surface area (Å²) < 4.78 is 0. The van der Waals surface area contributed by atoms with Crippen molar-refractivity contribution in [2.75, 3.05) is 27.4 Å². The van der Waals surface area contributed by atoms with Crippen molar-refractivity contribution in [3.05, 3.63) is 128 Å². The van der Waals surface area contributed by atoms with Gasteiger partial charge in [-0.2, -0.15) is 10.5 Å². The van der Waals surface area contributed by atoms with Crippen molar-refractivity contribution in [2.45, 2.75) is 22.6 Å². The predicted octanol–water partition coefficient (Wildman–Crippen LogP) is 9.90. The van der Waals surface area contributed by atoms with Gasteiger partial charge in [0.25, 0.3) is 0 Å². The Bertz CT molecular complexity index is 2530. The fourth-order valence-corrected chi connectivity index (χ4v) is 7.68. The first kappa shape index (κ1) is 38.3. The van der Waals surface area contributed by atoms with E-state index >= 15 is 0 Å². The Hall–Kier alpha value is -5.99. The number of nitrogen functional groups attached to an aromatic ring is 2. The second-order valence-corrected chi connectivity index (χ2v) is 15.1. The largest absolute Gasteiger partial charge is 0.383 e. The first-order valence-corrected chi connectivity index (χ1v) is 18.8. The molecule has 16 heteroatoms. The van der Waals surface area contributed by atoms with E-state index in [9.17, 15) is 20.1 Å². The zero-order valence-electron chi connectivity index (χ0n) is 28.7. The average molecular weight is 838 g/mol. The van der Waals surface area contributed by atoms with Gasteiger partial charge in [-0.15, -0.1) is 0 Å². The van der Waals surface area contributed by atoms with Crippen molar-refractivity contribution in [3.63, 3.8) is 0 Å². The van der Waals surface area contributed by atoms with Gasteiger partial charge in [0.05, 0.1) is 55.7 Å². The van der Waals surface area contributed by atoms with E-state index in [1.807, 2.05) is 24.3 Å². The number of benzene rings is 4. The number of pyridine rings is 2. The molecular formula is C40H25Cl4N9O2S. The number of amides is 2. The molecule has 4 aromatic carbocycles. The minimum atomic E-state index is -0.344. The Morgan fingerprint density at radius 3 is 1.45 bits per heavy atom. The molecule has 1 aliphatic heterocycles. The molecule has 0 aliphatic carbocycles. The number of carbonyl (C=O) groups is 2. The molecule has 7 N–H and O–H groups in total. The van der Waals surface area contributed by atoms with Crippen LogP contribution >= 0.6 is 58.2 Å². The van der Waals surface area contributed by atoms with Crippen LogP contribution in [0.25, 0.3) is 22.3 Å². The number of nitrogens with two attached hydrogens (primary N) is 2. The monoisotopic (exact) mass is 835 g/mol. The molecular weight excluding hydrogens is 812 g/mol. The maximum absolute atomic E-state index is 13.2. The number of halogens is 4. The lowest BCUT2D eigenvalue weighted by Crippen LogP contribution is -2.16. The Morgan fingerprint density at radius 1 is 0.625 bits per heavy atom. The van der Waals surface area contributed by atoms with Crippen molar-refractivity contribution in [3.8, 4) is 34.4 Å². The van der Waals surface area contributed by atoms with Gasteiger partial charge in [-0.3, -0.25) is 9.59 Å². The smallest absolute Gasteiger partial charge is 0.230 e. The van der Waals surface area contributed by atoms with Gasteiger partial charge >= 0.3 is 0 Å². The molecule has 0 saturated carbocycles. The molecule has 56 heavy (non-hydrogen) atoms. The molecule has 276 valence electrons. The molecule has 0 saturated heterocycles. The molecule has 0 atom stereocenters. The summed E-state index contributed by atoms with van der Waals surface area (Å²) in [5.74, 6) is -0.699. The van der Waals surface area contributed by atoms with E-state index in [1.165, 1.54) is 11.8 Å². The summed E-state index contributed by atoms with van der Waals surface area (Å²) in [5, 5.41) is 30.0. The van der Waals surface area contributed by atoms with Gasteiger partial charge in [0, 0.05) is 32.3 Å². The van der Waals surface area contributed by atoms with E-state index in [1.54, 1.807) is 60.7 Å². The highest BCUT2D eigenvalue weighted by Crippen LogP contribution is 2.46. The Balaban J connectivity index is 1.03. The molecule has 2 aromatic heterocycles. The minimum absolute atomic E-state index is 0.00554. The normalized spacial score (nSPS) is 11.3. The number of hydrogen-bond acceptors (Lipinski definition) is 10. The fourth-order valence-electron chi connectivity index (χ4n) is 6.02. The molecule has 0 fully saturated rings. The van der Waals surface area contributed by atoms with Gasteiger partial charge in [0.15, 0.2) is 0 Å². The van der Waals surface area contributed by atoms with Crippen LogP contribution in [0, 0.1) is 22.7 Å². The molecule has 2 amide bonds. The van der Waals surface area contributed by atoms with Crippen LogP contribution in [0.2, 0.25) is 20.1 Å². The summed E-state index contributed by atoms with van der Waals surface area (Å²) >= 11 is 26.1. The van der Waals surface area contributed by atoms with Gasteiger partial charge in [-0.25, -0.2) is 9.97 Å². The van der Waals surface area contributed by atoms with Crippen LogP contribution in [0.15, 0.2) is 94.7 Å². The van der Waals surface area contributed by atoms with Gasteiger partial charge < -0.3 is 27.4 Å². The molecule has 11 nitrogen and oxygen atoms in total. The Kier molecular flexibility index (Phi) is 10.9. The highest BCUT2D eigenvalue weighted by molar-refractivity contribution is 7.99. The summed E-state index contributed by atoms with van der Waals surface area (Å²) in [6, 6.07) is 28.3. The van der Waals surface area contributed by atoms with Gasteiger partial charge in [0.1, 0.15) is 34.9 Å². The van der Waals surface area contributed by atoms with Crippen LogP contribution in [-0.4, -0.2) is 21.8 Å². The van der Waals surface area contributed by atoms with Crippen LogP contribution < -0.4 is 27.4 Å². The Labute approximate surface area is 344 Å². The van der Waals surface area contributed by atoms with Crippen LogP contribution in [0.1, 0.15) is 22.5 Å². The number of anilines is 6. The second kappa shape index (κ2) is 16.0. The fraction of sp³-hybridized carbons (Fsp3) is 0.0500. The second-order valence-electron chi connectivity index (χ2n) is 12.4. The number of fused-ring (bicyclic) bond motifs is 2. The lowest BCUT2D eigenvalue weighted by atomic mass is 9.99. The van der Waals surface area contributed by atoms with E-state index in [2.05, 4.69) is 38.1 Å². The third kappa shape index (κ3) is 8.16. The van der Waals surface area contributed by atoms with Crippen LogP contribution in [0.5, 0.6) is 0 Å². The molecule has 3 heterocycles. The third-order valence-electron chi connectivity index (χ3n) is 8.59. The summed E-state index contributed by atoms with van der Waals surface area (Å²) in [7, 11) is 0. The standard InChI is InChI=1S/C40H25Cl4N9O2S/c41-29-5-1-19(9-31(29)43)25-11-23(51-39(47)27(25)17-45)15-37(54)49-21-3-7-33-35(13-21)56-36-14-22(4-8-34(36)53-33)50-38(55)16-24-12-26(28(18-46)40(48)52-24)20-2-6-30(42)32(44)10-20/h1-14,53H,15-16H2,(H2,47,51)(H2,48,52)(H,49,54)(H,50,55). The predicted molar refractivity (Wildman–Crippen MR) is 223 cm³/mol. The molecule has 0 radical (unpaired) electrons. The number of nitriles is 2. The van der Waals surface area contributed by atoms with E-state index in [0.717, 1.165) is 21.2 Å². The number of carbonyl (C=O) groups excluding carboxylic acids is 2. The first-order valence-electron chi connectivity index (χ1n) is 16.5. The summed E-state index contributed by atoms with van der Waals surface area (Å²) in [4.78, 5) is 36.7. The molecule has 1 aliphatic rings. The van der Waals surface area contributed by atoms with Gasteiger partial charge in [-0.05, 0) is 83.9 Å². The van der Waals surface area contributed by atoms with Gasteiger partial charge in [0.2, 0.25) is 11.8 Å². The van der Waals surface area contributed by atoms with E-state index in [0.29, 0.717) is 65.1 Å². The van der Waals surface area contributed by atoms with Crippen LogP contribution in [0.4, 0.5) is 34.4 Å². The summed E-state index contributed by atoms with van der Waals surface area (Å²) in [6.45, 7) is 0. The van der Waals surface area contributed by atoms with E-state index < -0.39 is 0 Å². The number of nitrogens with one attached hydrogen (secondary N) is 3. The molecule has 7 rings (SSSR count).